The van der Waals surface area contributed by atoms with E-state index in [1.807, 2.05) is 0 Å². The largest absolute Gasteiger partial charge is 0.497 e. The van der Waals surface area contributed by atoms with Gasteiger partial charge < -0.3 is 9.84 Å². The van der Waals surface area contributed by atoms with Gasteiger partial charge in [0.25, 0.3) is 11.8 Å². The van der Waals surface area contributed by atoms with Gasteiger partial charge in [0.15, 0.2) is 0 Å². The van der Waals surface area contributed by atoms with Crippen molar-refractivity contribution in [2.45, 2.75) is 6.18 Å². The summed E-state index contributed by atoms with van der Waals surface area (Å²) in [6.07, 6.45) is -3.66. The summed E-state index contributed by atoms with van der Waals surface area (Å²) in [5, 5.41) is 9.97. The standard InChI is InChI=1S/C25H18F3N3O5/c1-36-18-8-5-14(6-9-18)22(32)30(29)13-20-19-10-7-16(25(26,27)28)12-21(19)31(23(20)33)17-4-2-3-15(11-17)24(34)35/h2-13H,29H2,1H3,(H,34,35)/b20-13+. The summed E-state index contributed by atoms with van der Waals surface area (Å²) in [5.41, 5.74) is -1.15. The third kappa shape index (κ3) is 4.51. The van der Waals surface area contributed by atoms with Crippen molar-refractivity contribution in [2.75, 3.05) is 12.0 Å². The van der Waals surface area contributed by atoms with Crippen LogP contribution in [0.1, 0.15) is 31.8 Å². The number of anilines is 2. The van der Waals surface area contributed by atoms with Gasteiger partial charge in [-0.3, -0.25) is 19.5 Å². The molecule has 4 rings (SSSR count). The molecular formula is C25H18F3N3O5. The fourth-order valence-electron chi connectivity index (χ4n) is 3.71. The summed E-state index contributed by atoms with van der Waals surface area (Å²) in [5.74, 6) is 3.68. The van der Waals surface area contributed by atoms with Gasteiger partial charge in [-0.15, -0.1) is 0 Å². The third-order valence-electron chi connectivity index (χ3n) is 5.48. The van der Waals surface area contributed by atoms with Crippen molar-refractivity contribution in [2.24, 2.45) is 5.84 Å². The monoisotopic (exact) mass is 497 g/mol. The van der Waals surface area contributed by atoms with E-state index in [9.17, 15) is 32.7 Å². The molecular weight excluding hydrogens is 479 g/mol. The van der Waals surface area contributed by atoms with Crippen molar-refractivity contribution >= 4 is 34.7 Å². The Balaban J connectivity index is 1.80. The highest BCUT2D eigenvalue weighted by Gasteiger charge is 2.38. The number of carboxylic acid groups (broad SMARTS) is 1. The van der Waals surface area contributed by atoms with Gasteiger partial charge in [0, 0.05) is 17.3 Å². The number of ether oxygens (including phenoxy) is 1. The van der Waals surface area contributed by atoms with Crippen LogP contribution in [0, 0.1) is 0 Å². The first-order chi connectivity index (χ1) is 17.0. The number of nitrogens with zero attached hydrogens (tertiary/aromatic N) is 2. The fourth-order valence-corrected chi connectivity index (χ4v) is 3.71. The quantitative estimate of drug-likeness (QED) is 0.233. The van der Waals surface area contributed by atoms with E-state index in [0.717, 1.165) is 35.4 Å². The van der Waals surface area contributed by atoms with Gasteiger partial charge in [0.1, 0.15) is 5.75 Å². The minimum absolute atomic E-state index is 0.0360. The third-order valence-corrected chi connectivity index (χ3v) is 5.48. The van der Waals surface area contributed by atoms with Crippen LogP contribution in [0.4, 0.5) is 24.5 Å². The van der Waals surface area contributed by atoms with E-state index >= 15 is 0 Å². The molecule has 3 aromatic rings. The highest BCUT2D eigenvalue weighted by molar-refractivity contribution is 6.35. The number of benzene rings is 3. The second-order valence-electron chi connectivity index (χ2n) is 7.71. The number of alkyl halides is 3. The molecule has 1 aliphatic heterocycles. The lowest BCUT2D eigenvalue weighted by Gasteiger charge is -2.19. The Morgan fingerprint density at radius 1 is 1.03 bits per heavy atom. The van der Waals surface area contributed by atoms with Crippen LogP contribution in [0.5, 0.6) is 5.75 Å². The highest BCUT2D eigenvalue weighted by Crippen LogP contribution is 2.44. The van der Waals surface area contributed by atoms with E-state index in [1.54, 1.807) is 12.1 Å². The van der Waals surface area contributed by atoms with Crippen molar-refractivity contribution in [1.82, 2.24) is 5.01 Å². The maximum atomic E-state index is 13.4. The van der Waals surface area contributed by atoms with Gasteiger partial charge in [-0.2, -0.15) is 13.2 Å². The molecule has 0 spiro atoms. The number of carbonyl (C=O) groups excluding carboxylic acids is 2. The van der Waals surface area contributed by atoms with Gasteiger partial charge in [-0.25, -0.2) is 10.6 Å². The predicted octanol–water partition coefficient (Wildman–Crippen LogP) is 4.45. The Bertz CT molecular complexity index is 1400. The Morgan fingerprint density at radius 2 is 1.72 bits per heavy atom. The number of halogens is 3. The minimum atomic E-state index is -4.69. The number of hydrogen-bond donors (Lipinski definition) is 2. The number of carbonyl (C=O) groups is 3. The summed E-state index contributed by atoms with van der Waals surface area (Å²) < 4.78 is 45.3. The molecule has 1 heterocycles. The van der Waals surface area contributed by atoms with Crippen LogP contribution in [0.3, 0.4) is 0 Å². The van der Waals surface area contributed by atoms with E-state index < -0.39 is 29.5 Å². The number of carboxylic acids is 1. The molecule has 0 saturated heterocycles. The summed E-state index contributed by atoms with van der Waals surface area (Å²) >= 11 is 0. The second-order valence-corrected chi connectivity index (χ2v) is 7.71. The Hall–Kier alpha value is -4.64. The number of nitrogens with two attached hydrogens (primary N) is 1. The molecule has 184 valence electrons. The molecule has 1 aliphatic rings. The van der Waals surface area contributed by atoms with Crippen LogP contribution in [-0.2, 0) is 11.0 Å². The lowest BCUT2D eigenvalue weighted by Crippen LogP contribution is -2.33. The van der Waals surface area contributed by atoms with E-state index in [2.05, 4.69) is 0 Å². The van der Waals surface area contributed by atoms with Crippen LogP contribution in [0.25, 0.3) is 5.57 Å². The molecule has 8 nitrogen and oxygen atoms in total. The summed E-state index contributed by atoms with van der Waals surface area (Å²) in [4.78, 5) is 38.5. The lowest BCUT2D eigenvalue weighted by molar-refractivity contribution is -0.137. The molecule has 0 radical (unpaired) electrons. The van der Waals surface area contributed by atoms with Gasteiger partial charge in [0.05, 0.1) is 35.2 Å². The van der Waals surface area contributed by atoms with Crippen molar-refractivity contribution in [3.05, 3.63) is 95.2 Å². The average molecular weight is 497 g/mol. The van der Waals surface area contributed by atoms with Gasteiger partial charge >= 0.3 is 12.1 Å². The number of methoxy groups -OCH3 is 1. The second kappa shape index (κ2) is 9.19. The van der Waals surface area contributed by atoms with Gasteiger partial charge in [-0.1, -0.05) is 12.1 Å². The topological polar surface area (TPSA) is 113 Å². The molecule has 0 aliphatic carbocycles. The maximum Gasteiger partial charge on any atom is 0.416 e. The lowest BCUT2D eigenvalue weighted by atomic mass is 10.1. The van der Waals surface area contributed by atoms with Crippen LogP contribution in [0.15, 0.2) is 72.9 Å². The molecule has 3 aromatic carbocycles. The molecule has 0 unspecified atom stereocenters. The maximum absolute atomic E-state index is 13.4. The molecule has 36 heavy (non-hydrogen) atoms. The molecule has 2 amide bonds. The van der Waals surface area contributed by atoms with Crippen molar-refractivity contribution in [3.63, 3.8) is 0 Å². The number of hydrazine groups is 1. The number of fused-ring (bicyclic) bond motifs is 1. The SMILES string of the molecule is COc1ccc(C(=O)N(N)/C=C2/C(=O)N(c3cccc(C(=O)O)c3)c3cc(C(F)(F)F)ccc32)cc1. The zero-order valence-electron chi connectivity index (χ0n) is 18.6. The first-order valence-electron chi connectivity index (χ1n) is 10.3. The number of rotatable bonds is 5. The Labute approximate surface area is 202 Å². The molecule has 0 bridgehead atoms. The summed E-state index contributed by atoms with van der Waals surface area (Å²) in [6, 6.07) is 13.9. The smallest absolute Gasteiger partial charge is 0.416 e. The first kappa shape index (κ1) is 24.5. The summed E-state index contributed by atoms with van der Waals surface area (Å²) in [6.45, 7) is 0. The molecule has 0 fully saturated rings. The number of amides is 2. The van der Waals surface area contributed by atoms with E-state index in [0.29, 0.717) is 10.8 Å². The first-order valence-corrected chi connectivity index (χ1v) is 10.3. The van der Waals surface area contributed by atoms with Crippen LogP contribution in [0.2, 0.25) is 0 Å². The zero-order chi connectivity index (χ0) is 26.2. The Kier molecular flexibility index (Phi) is 6.25. The number of aromatic carboxylic acids is 1. The van der Waals surface area contributed by atoms with Crippen LogP contribution in [-0.4, -0.2) is 35.0 Å². The fraction of sp³-hybridized carbons (Fsp3) is 0.0800. The van der Waals surface area contributed by atoms with E-state index in [-0.39, 0.29) is 33.6 Å². The van der Waals surface area contributed by atoms with Gasteiger partial charge in [-0.05, 0) is 54.6 Å². The molecule has 3 N–H and O–H groups in total. The van der Waals surface area contributed by atoms with E-state index in [1.165, 1.54) is 37.4 Å². The highest BCUT2D eigenvalue weighted by atomic mass is 19.4. The van der Waals surface area contributed by atoms with Crippen molar-refractivity contribution in [3.8, 4) is 5.75 Å². The summed E-state index contributed by atoms with van der Waals surface area (Å²) in [7, 11) is 1.46. The number of hydrogen-bond acceptors (Lipinski definition) is 5. The average Bonchev–Trinajstić information content (AvgIpc) is 3.13. The normalized spacial score (nSPS) is 14.1. The van der Waals surface area contributed by atoms with E-state index in [4.69, 9.17) is 10.6 Å². The van der Waals surface area contributed by atoms with Crippen LogP contribution < -0.4 is 15.5 Å². The molecule has 0 aromatic heterocycles. The Morgan fingerprint density at radius 3 is 2.33 bits per heavy atom. The predicted molar refractivity (Wildman–Crippen MR) is 123 cm³/mol. The van der Waals surface area contributed by atoms with Crippen LogP contribution >= 0.6 is 0 Å². The molecule has 0 saturated carbocycles. The molecule has 0 atom stereocenters. The van der Waals surface area contributed by atoms with Gasteiger partial charge in [0.2, 0.25) is 0 Å². The minimum Gasteiger partial charge on any atom is -0.497 e. The molecule has 11 heteroatoms. The van der Waals surface area contributed by atoms with Crippen molar-refractivity contribution < 1.29 is 37.4 Å². The zero-order valence-corrected chi connectivity index (χ0v) is 18.6. The van der Waals surface area contributed by atoms with Crippen molar-refractivity contribution in [1.29, 1.82) is 0 Å².